The molecule has 1 rings (SSSR count). The summed E-state index contributed by atoms with van der Waals surface area (Å²) in [5.74, 6) is 0.152. The quantitative estimate of drug-likeness (QED) is 0.728. The van der Waals surface area contributed by atoms with E-state index in [9.17, 15) is 4.79 Å². The number of piperidine rings is 1. The van der Waals surface area contributed by atoms with Gasteiger partial charge in [0.05, 0.1) is 6.54 Å². The minimum absolute atomic E-state index is 0.152. The third-order valence-electron chi connectivity index (χ3n) is 3.09. The molecule has 1 heterocycles. The molecular formula is C13H27N3O. The highest BCUT2D eigenvalue weighted by molar-refractivity contribution is 5.78. The lowest BCUT2D eigenvalue weighted by atomic mass is 10.1. The Morgan fingerprint density at radius 1 is 1.53 bits per heavy atom. The van der Waals surface area contributed by atoms with E-state index in [2.05, 4.69) is 22.5 Å². The number of nitrogens with zero attached hydrogens (tertiary/aromatic N) is 1. The van der Waals surface area contributed by atoms with Gasteiger partial charge in [-0.25, -0.2) is 0 Å². The first-order valence-corrected chi connectivity index (χ1v) is 6.87. The van der Waals surface area contributed by atoms with Gasteiger partial charge in [-0.15, -0.1) is 0 Å². The smallest absolute Gasteiger partial charge is 0.234 e. The topological polar surface area (TPSA) is 44.4 Å². The molecule has 0 bridgehead atoms. The molecule has 1 atom stereocenters. The predicted molar refractivity (Wildman–Crippen MR) is 71.0 cm³/mol. The number of hydrogen-bond acceptors (Lipinski definition) is 3. The Labute approximate surface area is 105 Å². The van der Waals surface area contributed by atoms with Gasteiger partial charge >= 0.3 is 0 Å². The second kappa shape index (κ2) is 7.67. The number of amides is 1. The van der Waals surface area contributed by atoms with E-state index in [-0.39, 0.29) is 11.9 Å². The van der Waals surface area contributed by atoms with Crippen LogP contribution in [0.5, 0.6) is 0 Å². The van der Waals surface area contributed by atoms with Gasteiger partial charge in [-0.05, 0) is 46.2 Å². The number of nitrogens with one attached hydrogen (secondary N) is 2. The molecule has 17 heavy (non-hydrogen) atoms. The predicted octanol–water partition coefficient (Wildman–Crippen LogP) is 0.975. The average Bonchev–Trinajstić information content (AvgIpc) is 2.28. The van der Waals surface area contributed by atoms with E-state index in [1.807, 2.05) is 13.8 Å². The van der Waals surface area contributed by atoms with E-state index < -0.39 is 0 Å². The van der Waals surface area contributed by atoms with Crippen LogP contribution in [-0.2, 0) is 4.79 Å². The van der Waals surface area contributed by atoms with Gasteiger partial charge in [0.2, 0.25) is 5.91 Å². The second-order valence-corrected chi connectivity index (χ2v) is 5.19. The molecule has 4 nitrogen and oxygen atoms in total. The minimum Gasteiger partial charge on any atom is -0.353 e. The number of rotatable bonds is 6. The van der Waals surface area contributed by atoms with Gasteiger partial charge in [-0.2, -0.15) is 0 Å². The molecule has 0 radical (unpaired) electrons. The SMILES string of the molecule is CCCN(CC(=O)NC(C)C)C1CCCNC1. The number of hydrogen-bond donors (Lipinski definition) is 2. The minimum atomic E-state index is 0.152. The van der Waals surface area contributed by atoms with Crippen molar-refractivity contribution in [1.29, 1.82) is 0 Å². The van der Waals surface area contributed by atoms with Gasteiger partial charge in [-0.1, -0.05) is 6.92 Å². The Bertz CT molecular complexity index is 225. The highest BCUT2D eigenvalue weighted by atomic mass is 16.2. The van der Waals surface area contributed by atoms with Gasteiger partial charge in [-0.3, -0.25) is 9.69 Å². The first-order valence-electron chi connectivity index (χ1n) is 6.87. The van der Waals surface area contributed by atoms with Crippen molar-refractivity contribution in [2.45, 2.75) is 52.1 Å². The van der Waals surface area contributed by atoms with Gasteiger partial charge in [0.25, 0.3) is 0 Å². The molecule has 1 fully saturated rings. The molecule has 100 valence electrons. The summed E-state index contributed by atoms with van der Waals surface area (Å²) in [7, 11) is 0. The molecule has 4 heteroatoms. The third kappa shape index (κ3) is 5.50. The Balaban J connectivity index is 2.43. The fraction of sp³-hybridized carbons (Fsp3) is 0.923. The standard InChI is InChI=1S/C13H27N3O/c1-4-8-16(10-13(17)15-11(2)3)12-6-5-7-14-9-12/h11-12,14H,4-10H2,1-3H3,(H,15,17). The Morgan fingerprint density at radius 3 is 2.82 bits per heavy atom. The lowest BCUT2D eigenvalue weighted by molar-refractivity contribution is -0.123. The van der Waals surface area contributed by atoms with Crippen molar-refractivity contribution in [2.24, 2.45) is 0 Å². The molecule has 0 saturated carbocycles. The summed E-state index contributed by atoms with van der Waals surface area (Å²) >= 11 is 0. The van der Waals surface area contributed by atoms with Crippen molar-refractivity contribution in [3.63, 3.8) is 0 Å². The van der Waals surface area contributed by atoms with Gasteiger partial charge < -0.3 is 10.6 Å². The molecule has 0 spiro atoms. The molecule has 0 aromatic heterocycles. The summed E-state index contributed by atoms with van der Waals surface area (Å²) in [6, 6.07) is 0.761. The summed E-state index contributed by atoms with van der Waals surface area (Å²) in [4.78, 5) is 14.1. The van der Waals surface area contributed by atoms with Crippen LogP contribution in [0.1, 0.15) is 40.0 Å². The zero-order valence-corrected chi connectivity index (χ0v) is 11.5. The number of carbonyl (C=O) groups is 1. The lowest BCUT2D eigenvalue weighted by Gasteiger charge is -2.34. The van der Waals surface area contributed by atoms with Crippen molar-refractivity contribution < 1.29 is 4.79 Å². The van der Waals surface area contributed by atoms with Crippen LogP contribution >= 0.6 is 0 Å². The fourth-order valence-electron chi connectivity index (χ4n) is 2.38. The van der Waals surface area contributed by atoms with Gasteiger partial charge in [0, 0.05) is 18.6 Å². The fourth-order valence-corrected chi connectivity index (χ4v) is 2.38. The van der Waals surface area contributed by atoms with Crippen LogP contribution in [0, 0.1) is 0 Å². The highest BCUT2D eigenvalue weighted by Gasteiger charge is 2.22. The van der Waals surface area contributed by atoms with Crippen LogP contribution in [0.15, 0.2) is 0 Å². The maximum Gasteiger partial charge on any atom is 0.234 e. The molecular weight excluding hydrogens is 214 g/mol. The molecule has 1 aliphatic rings. The molecule has 0 aliphatic carbocycles. The first kappa shape index (κ1) is 14.5. The van der Waals surface area contributed by atoms with E-state index in [0.29, 0.717) is 12.6 Å². The lowest BCUT2D eigenvalue weighted by Crippen LogP contribution is -2.50. The van der Waals surface area contributed by atoms with Crippen molar-refractivity contribution in [1.82, 2.24) is 15.5 Å². The van der Waals surface area contributed by atoms with Crippen LogP contribution in [0.25, 0.3) is 0 Å². The highest BCUT2D eigenvalue weighted by Crippen LogP contribution is 2.10. The summed E-state index contributed by atoms with van der Waals surface area (Å²) in [6.45, 7) is 9.87. The maximum atomic E-state index is 11.8. The molecule has 0 aromatic rings. The average molecular weight is 241 g/mol. The zero-order chi connectivity index (χ0) is 12.7. The summed E-state index contributed by atoms with van der Waals surface area (Å²) in [5, 5.41) is 6.38. The van der Waals surface area contributed by atoms with Crippen LogP contribution < -0.4 is 10.6 Å². The van der Waals surface area contributed by atoms with E-state index in [0.717, 1.165) is 26.1 Å². The molecule has 1 saturated heterocycles. The normalized spacial score (nSPS) is 20.9. The molecule has 1 aliphatic heterocycles. The van der Waals surface area contributed by atoms with Crippen LogP contribution in [-0.4, -0.2) is 49.1 Å². The van der Waals surface area contributed by atoms with Crippen molar-refractivity contribution in [2.75, 3.05) is 26.2 Å². The Morgan fingerprint density at radius 2 is 2.29 bits per heavy atom. The first-order chi connectivity index (χ1) is 8.13. The molecule has 1 amide bonds. The Hall–Kier alpha value is -0.610. The monoisotopic (exact) mass is 241 g/mol. The van der Waals surface area contributed by atoms with E-state index in [1.54, 1.807) is 0 Å². The van der Waals surface area contributed by atoms with Gasteiger partial charge in [0.15, 0.2) is 0 Å². The zero-order valence-electron chi connectivity index (χ0n) is 11.5. The summed E-state index contributed by atoms with van der Waals surface area (Å²) < 4.78 is 0. The van der Waals surface area contributed by atoms with Crippen LogP contribution in [0.4, 0.5) is 0 Å². The summed E-state index contributed by atoms with van der Waals surface area (Å²) in [6.07, 6.45) is 3.53. The van der Waals surface area contributed by atoms with E-state index in [4.69, 9.17) is 0 Å². The van der Waals surface area contributed by atoms with Gasteiger partial charge in [0.1, 0.15) is 0 Å². The molecule has 0 aromatic carbocycles. The molecule has 1 unspecified atom stereocenters. The van der Waals surface area contributed by atoms with Crippen molar-refractivity contribution >= 4 is 5.91 Å². The van der Waals surface area contributed by atoms with E-state index in [1.165, 1.54) is 12.8 Å². The second-order valence-electron chi connectivity index (χ2n) is 5.19. The van der Waals surface area contributed by atoms with Crippen LogP contribution in [0.3, 0.4) is 0 Å². The van der Waals surface area contributed by atoms with Crippen molar-refractivity contribution in [3.8, 4) is 0 Å². The van der Waals surface area contributed by atoms with Crippen molar-refractivity contribution in [3.05, 3.63) is 0 Å². The van der Waals surface area contributed by atoms with Crippen LogP contribution in [0.2, 0.25) is 0 Å². The largest absolute Gasteiger partial charge is 0.353 e. The molecule has 2 N–H and O–H groups in total. The maximum absolute atomic E-state index is 11.8. The Kier molecular flexibility index (Phi) is 6.52. The number of carbonyl (C=O) groups excluding carboxylic acids is 1. The third-order valence-corrected chi connectivity index (χ3v) is 3.09. The summed E-state index contributed by atoms with van der Waals surface area (Å²) in [5.41, 5.74) is 0. The van der Waals surface area contributed by atoms with E-state index >= 15 is 0 Å².